The van der Waals surface area contributed by atoms with Crippen molar-refractivity contribution in [3.05, 3.63) is 83.1 Å². The van der Waals surface area contributed by atoms with Crippen LogP contribution < -0.4 is 0 Å². The maximum absolute atomic E-state index is 4.87. The molecule has 0 aliphatic heterocycles. The van der Waals surface area contributed by atoms with Gasteiger partial charge < -0.3 is 4.98 Å². The third kappa shape index (κ3) is 4.83. The first-order valence-corrected chi connectivity index (χ1v) is 13.6. The minimum Gasteiger partial charge on any atom is -0.333 e. The zero-order valence-corrected chi connectivity index (χ0v) is 20.8. The van der Waals surface area contributed by atoms with Crippen molar-refractivity contribution in [2.75, 3.05) is 5.75 Å². The van der Waals surface area contributed by atoms with Crippen molar-refractivity contribution in [3.63, 3.8) is 0 Å². The number of thioether (sulfide) groups is 2. The normalized spacial score (nSPS) is 13.6. The first kappa shape index (κ1) is 21.8. The molecule has 0 amide bonds. The highest BCUT2D eigenvalue weighted by atomic mass is 32.2. The first-order valence-electron chi connectivity index (χ1n) is 10.4. The Bertz CT molecular complexity index is 1280. The van der Waals surface area contributed by atoms with E-state index in [4.69, 9.17) is 27.6 Å². The summed E-state index contributed by atoms with van der Waals surface area (Å²) in [4.78, 5) is 17.7. The van der Waals surface area contributed by atoms with E-state index in [0.717, 1.165) is 44.6 Å². The van der Waals surface area contributed by atoms with Crippen LogP contribution in [0.4, 0.5) is 0 Å². The summed E-state index contributed by atoms with van der Waals surface area (Å²) in [6, 6.07) is 20.5. The number of aryl methyl sites for hydroxylation is 1. The van der Waals surface area contributed by atoms with Crippen LogP contribution in [0.3, 0.4) is 0 Å². The van der Waals surface area contributed by atoms with E-state index in [1.54, 1.807) is 23.1 Å². The number of aromatic amines is 1. The molecule has 3 heterocycles. The number of pyridine rings is 1. The largest absolute Gasteiger partial charge is 0.333 e. The van der Waals surface area contributed by atoms with E-state index in [1.807, 2.05) is 48.3 Å². The first-order chi connectivity index (χ1) is 15.7. The number of fused-ring (bicyclic) bond motifs is 2. The van der Waals surface area contributed by atoms with Crippen LogP contribution >= 0.6 is 47.5 Å². The number of aromatic nitrogens is 4. The van der Waals surface area contributed by atoms with Crippen LogP contribution in [-0.4, -0.2) is 25.7 Å². The number of nitrogens with one attached hydrogen (secondary N) is 1. The fourth-order valence-electron chi connectivity index (χ4n) is 3.44. The molecule has 5 rings (SSSR count). The van der Waals surface area contributed by atoms with Crippen LogP contribution in [0.2, 0.25) is 0 Å². The summed E-state index contributed by atoms with van der Waals surface area (Å²) in [5, 5.41) is 2.13. The van der Waals surface area contributed by atoms with Crippen molar-refractivity contribution in [2.45, 2.75) is 28.3 Å². The molecule has 0 saturated carbocycles. The van der Waals surface area contributed by atoms with Gasteiger partial charge in [0.2, 0.25) is 0 Å². The van der Waals surface area contributed by atoms with Crippen molar-refractivity contribution in [2.24, 2.45) is 0 Å². The third-order valence-corrected chi connectivity index (χ3v) is 9.49. The number of rotatable bonds is 8. The van der Waals surface area contributed by atoms with Gasteiger partial charge in [-0.3, -0.25) is 4.98 Å². The van der Waals surface area contributed by atoms with Crippen LogP contribution in [0.1, 0.15) is 32.5 Å². The van der Waals surface area contributed by atoms with E-state index in [0.29, 0.717) is 0 Å². The molecule has 4 nitrogen and oxygen atoms in total. The molecule has 162 valence electrons. The van der Waals surface area contributed by atoms with Crippen molar-refractivity contribution in [1.82, 2.24) is 19.9 Å². The van der Waals surface area contributed by atoms with E-state index in [-0.39, 0.29) is 9.83 Å². The van der Waals surface area contributed by atoms with Crippen LogP contribution in [0.5, 0.6) is 0 Å². The molecule has 5 aromatic rings. The average molecular weight is 495 g/mol. The lowest BCUT2D eigenvalue weighted by Crippen LogP contribution is -2.00. The van der Waals surface area contributed by atoms with Gasteiger partial charge in [0, 0.05) is 6.20 Å². The van der Waals surface area contributed by atoms with E-state index >= 15 is 0 Å². The van der Waals surface area contributed by atoms with E-state index in [9.17, 15) is 0 Å². The molecule has 0 aliphatic carbocycles. The Hall–Kier alpha value is -2.00. The Balaban J connectivity index is 1.31. The monoisotopic (exact) mass is 494 g/mol. The fourth-order valence-corrected chi connectivity index (χ4v) is 7.66. The predicted octanol–water partition coefficient (Wildman–Crippen LogP) is 7.46. The molecule has 3 aromatic heterocycles. The Morgan fingerprint density at radius 3 is 2.62 bits per heavy atom. The summed E-state index contributed by atoms with van der Waals surface area (Å²) >= 11 is 10.2. The molecule has 0 bridgehead atoms. The van der Waals surface area contributed by atoms with Gasteiger partial charge in [0.05, 0.1) is 32.2 Å². The second kappa shape index (κ2) is 9.87. The number of benzene rings is 2. The summed E-state index contributed by atoms with van der Waals surface area (Å²) in [7, 11) is 0. The van der Waals surface area contributed by atoms with Gasteiger partial charge in [0.1, 0.15) is 9.59 Å². The van der Waals surface area contributed by atoms with Crippen LogP contribution in [-0.2, 0) is 0 Å². The molecule has 2 atom stereocenters. The Kier molecular flexibility index (Phi) is 6.73. The maximum Gasteiger partial charge on any atom is 0.167 e. The molecule has 0 saturated heterocycles. The van der Waals surface area contributed by atoms with E-state index in [2.05, 4.69) is 42.2 Å². The molecule has 1 N–H and O–H groups in total. The van der Waals surface area contributed by atoms with Crippen molar-refractivity contribution in [1.29, 1.82) is 0 Å². The lowest BCUT2D eigenvalue weighted by Gasteiger charge is -2.17. The van der Waals surface area contributed by atoms with Gasteiger partial charge in [0.25, 0.3) is 0 Å². The number of H-pyrrole nitrogens is 1. The van der Waals surface area contributed by atoms with Crippen molar-refractivity contribution < 1.29 is 0 Å². The predicted molar refractivity (Wildman–Crippen MR) is 142 cm³/mol. The van der Waals surface area contributed by atoms with E-state index < -0.39 is 0 Å². The second-order valence-electron chi connectivity index (χ2n) is 7.41. The minimum absolute atomic E-state index is 0.126. The number of hydrogen-bond donors (Lipinski definition) is 2. The Morgan fingerprint density at radius 1 is 1.00 bits per heavy atom. The molecule has 2 unspecified atom stereocenters. The molecule has 32 heavy (non-hydrogen) atoms. The molecular weight excluding hydrogens is 473 g/mol. The summed E-state index contributed by atoms with van der Waals surface area (Å²) < 4.78 is 1.37. The number of thiazole rings is 1. The van der Waals surface area contributed by atoms with E-state index in [1.165, 1.54) is 10.3 Å². The smallest absolute Gasteiger partial charge is 0.167 e. The van der Waals surface area contributed by atoms with Gasteiger partial charge in [-0.15, -0.1) is 23.1 Å². The standard InChI is InChI=1S/C24H22N4S4/c1-15-7-6-13-25-21(15)23(32-24-27-16-8-2-3-9-17(16)28-24)30-14-12-19(29)22-26-18-10-4-5-11-20(18)31-22/h2-11,13,19,23,29H,12,14H2,1H3,(H,27,28). The zero-order valence-electron chi connectivity index (χ0n) is 17.4. The molecular formula is C24H22N4S4. The number of thiol groups is 1. The minimum atomic E-state index is 0.126. The highest BCUT2D eigenvalue weighted by Crippen LogP contribution is 2.44. The van der Waals surface area contributed by atoms with Gasteiger partial charge in [0.15, 0.2) is 5.16 Å². The summed E-state index contributed by atoms with van der Waals surface area (Å²) in [5.41, 5.74) is 5.40. The fraction of sp³-hybridized carbons (Fsp3) is 0.208. The van der Waals surface area contributed by atoms with Gasteiger partial charge >= 0.3 is 0 Å². The van der Waals surface area contributed by atoms with Gasteiger partial charge in [-0.05, 0) is 55.0 Å². The van der Waals surface area contributed by atoms with Gasteiger partial charge in [-0.1, -0.05) is 42.1 Å². The van der Waals surface area contributed by atoms with Crippen LogP contribution in [0, 0.1) is 6.92 Å². The molecule has 0 spiro atoms. The summed E-state index contributed by atoms with van der Waals surface area (Å²) in [6.07, 6.45) is 2.81. The maximum atomic E-state index is 4.87. The van der Waals surface area contributed by atoms with Gasteiger partial charge in [-0.25, -0.2) is 9.97 Å². The highest BCUT2D eigenvalue weighted by Gasteiger charge is 2.21. The lowest BCUT2D eigenvalue weighted by atomic mass is 10.2. The van der Waals surface area contributed by atoms with Crippen LogP contribution in [0.25, 0.3) is 21.3 Å². The van der Waals surface area contributed by atoms with Gasteiger partial charge in [-0.2, -0.15) is 12.6 Å². The Morgan fingerprint density at radius 2 is 1.81 bits per heavy atom. The quantitative estimate of drug-likeness (QED) is 0.133. The molecule has 2 aromatic carbocycles. The molecule has 0 radical (unpaired) electrons. The topological polar surface area (TPSA) is 54.5 Å². The van der Waals surface area contributed by atoms with Crippen molar-refractivity contribution >= 4 is 68.7 Å². The third-order valence-electron chi connectivity index (χ3n) is 5.12. The van der Waals surface area contributed by atoms with Crippen molar-refractivity contribution in [3.8, 4) is 0 Å². The molecule has 0 fully saturated rings. The Labute approximate surface area is 205 Å². The SMILES string of the molecule is Cc1cccnc1C(SCCC(S)c1nc2ccccc2s1)Sc1nc2ccccc2[nH]1. The molecule has 0 aliphatic rings. The molecule has 8 heteroatoms. The highest BCUT2D eigenvalue weighted by molar-refractivity contribution is 8.16. The summed E-state index contributed by atoms with van der Waals surface area (Å²) in [6.45, 7) is 2.12. The zero-order chi connectivity index (χ0) is 21.9. The number of para-hydroxylation sites is 3. The number of hydrogen-bond acceptors (Lipinski definition) is 7. The average Bonchev–Trinajstić information content (AvgIpc) is 3.42. The second-order valence-corrected chi connectivity index (χ2v) is 11.7. The number of nitrogens with zero attached hydrogens (tertiary/aromatic N) is 3. The van der Waals surface area contributed by atoms with Crippen LogP contribution in [0.15, 0.2) is 72.0 Å². The summed E-state index contributed by atoms with van der Waals surface area (Å²) in [5.74, 6) is 0.956. The number of imidazole rings is 1. The lowest BCUT2D eigenvalue weighted by molar-refractivity contribution is 0.903.